The molecule has 0 aliphatic rings. The third kappa shape index (κ3) is 2.83. The second kappa shape index (κ2) is 5.87. The van der Waals surface area contributed by atoms with Crippen molar-refractivity contribution >= 4 is 5.82 Å². The standard InChI is InChI=1S/C12H14N4O3/c1-17-8-4-3-5-9(6-8)19-12-10(18-2)11(16-13)14-7-15-12/h3-7H,13H2,1-2H3,(H,14,15,16). The molecule has 0 amide bonds. The van der Waals surface area contributed by atoms with Gasteiger partial charge in [0.1, 0.15) is 17.8 Å². The molecular formula is C12H14N4O3. The van der Waals surface area contributed by atoms with E-state index in [1.807, 2.05) is 12.1 Å². The molecule has 7 heteroatoms. The highest BCUT2D eigenvalue weighted by Gasteiger charge is 2.13. The van der Waals surface area contributed by atoms with E-state index >= 15 is 0 Å². The molecule has 0 radical (unpaired) electrons. The third-order valence-electron chi connectivity index (χ3n) is 2.37. The van der Waals surface area contributed by atoms with E-state index in [0.29, 0.717) is 23.1 Å². The number of ether oxygens (including phenoxy) is 3. The molecule has 2 rings (SSSR count). The predicted molar refractivity (Wildman–Crippen MR) is 69.5 cm³/mol. The molecule has 0 atom stereocenters. The lowest BCUT2D eigenvalue weighted by atomic mass is 10.3. The normalized spacial score (nSPS) is 9.84. The summed E-state index contributed by atoms with van der Waals surface area (Å²) >= 11 is 0. The van der Waals surface area contributed by atoms with Gasteiger partial charge in [-0.25, -0.2) is 10.8 Å². The van der Waals surface area contributed by atoms with Gasteiger partial charge in [-0.3, -0.25) is 0 Å². The number of hydrogen-bond acceptors (Lipinski definition) is 7. The van der Waals surface area contributed by atoms with E-state index in [1.54, 1.807) is 19.2 Å². The molecule has 1 aromatic heterocycles. The molecule has 0 saturated heterocycles. The van der Waals surface area contributed by atoms with Crippen molar-refractivity contribution in [3.63, 3.8) is 0 Å². The summed E-state index contributed by atoms with van der Waals surface area (Å²) in [6, 6.07) is 7.14. The van der Waals surface area contributed by atoms with E-state index in [4.69, 9.17) is 20.1 Å². The molecule has 2 aromatic rings. The maximum absolute atomic E-state index is 5.63. The maximum atomic E-state index is 5.63. The van der Waals surface area contributed by atoms with Crippen LogP contribution in [0.15, 0.2) is 30.6 Å². The monoisotopic (exact) mass is 262 g/mol. The van der Waals surface area contributed by atoms with Gasteiger partial charge in [-0.15, -0.1) is 0 Å². The number of hydrogen-bond donors (Lipinski definition) is 2. The van der Waals surface area contributed by atoms with Crippen LogP contribution in [-0.4, -0.2) is 24.2 Å². The Balaban J connectivity index is 2.32. The number of rotatable bonds is 5. The fourth-order valence-corrected chi connectivity index (χ4v) is 1.49. The minimum atomic E-state index is 0.263. The number of hydrazine groups is 1. The summed E-state index contributed by atoms with van der Waals surface area (Å²) < 4.78 is 15.9. The Bertz CT molecular complexity index is 562. The Morgan fingerprint density at radius 3 is 2.58 bits per heavy atom. The first kappa shape index (κ1) is 12.9. The zero-order valence-corrected chi connectivity index (χ0v) is 10.6. The van der Waals surface area contributed by atoms with Crippen LogP contribution in [0.3, 0.4) is 0 Å². The summed E-state index contributed by atoms with van der Waals surface area (Å²) in [5.41, 5.74) is 2.41. The van der Waals surface area contributed by atoms with Crippen molar-refractivity contribution in [2.45, 2.75) is 0 Å². The highest BCUT2D eigenvalue weighted by atomic mass is 16.5. The average Bonchev–Trinajstić information content (AvgIpc) is 2.47. The van der Waals surface area contributed by atoms with Crippen LogP contribution in [0, 0.1) is 0 Å². The van der Waals surface area contributed by atoms with Crippen LogP contribution in [0.5, 0.6) is 23.1 Å². The summed E-state index contributed by atoms with van der Waals surface area (Å²) in [7, 11) is 3.07. The van der Waals surface area contributed by atoms with Gasteiger partial charge < -0.3 is 19.6 Å². The van der Waals surface area contributed by atoms with Crippen molar-refractivity contribution in [2.75, 3.05) is 19.6 Å². The number of anilines is 1. The maximum Gasteiger partial charge on any atom is 0.268 e. The highest BCUT2D eigenvalue weighted by Crippen LogP contribution is 2.34. The van der Waals surface area contributed by atoms with Crippen LogP contribution in [-0.2, 0) is 0 Å². The van der Waals surface area contributed by atoms with Crippen molar-refractivity contribution in [1.82, 2.24) is 9.97 Å². The number of nitrogens with one attached hydrogen (secondary N) is 1. The molecule has 0 bridgehead atoms. The molecule has 3 N–H and O–H groups in total. The van der Waals surface area contributed by atoms with Crippen LogP contribution in [0.2, 0.25) is 0 Å². The van der Waals surface area contributed by atoms with Crippen LogP contribution in [0.25, 0.3) is 0 Å². The molecule has 0 aliphatic carbocycles. The van der Waals surface area contributed by atoms with Gasteiger partial charge in [0.2, 0.25) is 5.75 Å². The summed E-state index contributed by atoms with van der Waals surface area (Å²) in [6.45, 7) is 0. The van der Waals surface area contributed by atoms with Gasteiger partial charge >= 0.3 is 0 Å². The van der Waals surface area contributed by atoms with Crippen LogP contribution < -0.4 is 25.5 Å². The molecule has 0 saturated carbocycles. The molecule has 0 spiro atoms. The number of nitrogen functional groups attached to an aromatic ring is 1. The Morgan fingerprint density at radius 1 is 1.11 bits per heavy atom. The van der Waals surface area contributed by atoms with E-state index in [2.05, 4.69) is 15.4 Å². The lowest BCUT2D eigenvalue weighted by Crippen LogP contribution is -2.10. The van der Waals surface area contributed by atoms with Gasteiger partial charge in [0.05, 0.1) is 14.2 Å². The molecule has 1 heterocycles. The fraction of sp³-hybridized carbons (Fsp3) is 0.167. The Kier molecular flexibility index (Phi) is 3.99. The number of aromatic nitrogens is 2. The van der Waals surface area contributed by atoms with E-state index in [1.165, 1.54) is 13.4 Å². The van der Waals surface area contributed by atoms with Gasteiger partial charge in [0, 0.05) is 6.07 Å². The Labute approximate surface area is 110 Å². The molecule has 1 aromatic carbocycles. The van der Waals surface area contributed by atoms with Gasteiger partial charge in [0.25, 0.3) is 5.88 Å². The van der Waals surface area contributed by atoms with Crippen LogP contribution in [0.4, 0.5) is 5.82 Å². The molecule has 0 aliphatic heterocycles. The van der Waals surface area contributed by atoms with Crippen molar-refractivity contribution < 1.29 is 14.2 Å². The Hall–Kier alpha value is -2.54. The van der Waals surface area contributed by atoms with E-state index < -0.39 is 0 Å². The lowest BCUT2D eigenvalue weighted by Gasteiger charge is -2.11. The molecular weight excluding hydrogens is 248 g/mol. The van der Waals surface area contributed by atoms with E-state index in [0.717, 1.165) is 0 Å². The first-order valence-corrected chi connectivity index (χ1v) is 5.46. The van der Waals surface area contributed by atoms with Crippen molar-refractivity contribution in [3.8, 4) is 23.1 Å². The second-order valence-electron chi connectivity index (χ2n) is 3.49. The van der Waals surface area contributed by atoms with Crippen LogP contribution >= 0.6 is 0 Å². The summed E-state index contributed by atoms with van der Waals surface area (Å²) in [5, 5.41) is 0. The average molecular weight is 262 g/mol. The molecule has 0 fully saturated rings. The van der Waals surface area contributed by atoms with Gasteiger partial charge in [0.15, 0.2) is 5.82 Å². The number of nitrogens with zero attached hydrogens (tertiary/aromatic N) is 2. The van der Waals surface area contributed by atoms with Gasteiger partial charge in [-0.2, -0.15) is 4.98 Å². The molecule has 100 valence electrons. The minimum Gasteiger partial charge on any atom is -0.497 e. The molecule has 19 heavy (non-hydrogen) atoms. The first-order chi connectivity index (χ1) is 9.28. The largest absolute Gasteiger partial charge is 0.497 e. The van der Waals surface area contributed by atoms with Crippen molar-refractivity contribution in [1.29, 1.82) is 0 Å². The summed E-state index contributed by atoms with van der Waals surface area (Å²) in [5.74, 6) is 7.52. The van der Waals surface area contributed by atoms with Gasteiger partial charge in [-0.05, 0) is 12.1 Å². The Morgan fingerprint density at radius 2 is 1.89 bits per heavy atom. The molecule has 0 unspecified atom stereocenters. The number of methoxy groups -OCH3 is 2. The predicted octanol–water partition coefficient (Wildman–Crippen LogP) is 1.57. The second-order valence-corrected chi connectivity index (χ2v) is 3.49. The first-order valence-electron chi connectivity index (χ1n) is 5.46. The van der Waals surface area contributed by atoms with Gasteiger partial charge in [-0.1, -0.05) is 6.07 Å². The topological polar surface area (TPSA) is 91.5 Å². The van der Waals surface area contributed by atoms with Crippen molar-refractivity contribution in [2.24, 2.45) is 5.84 Å². The zero-order valence-electron chi connectivity index (χ0n) is 10.6. The SMILES string of the molecule is COc1cccc(Oc2ncnc(NN)c2OC)c1. The lowest BCUT2D eigenvalue weighted by molar-refractivity contribution is 0.366. The van der Waals surface area contributed by atoms with Crippen molar-refractivity contribution in [3.05, 3.63) is 30.6 Å². The van der Waals surface area contributed by atoms with Crippen LogP contribution in [0.1, 0.15) is 0 Å². The molecule has 7 nitrogen and oxygen atoms in total. The highest BCUT2D eigenvalue weighted by molar-refractivity contribution is 5.55. The third-order valence-corrected chi connectivity index (χ3v) is 2.37. The minimum absolute atomic E-state index is 0.263. The van der Waals surface area contributed by atoms with E-state index in [9.17, 15) is 0 Å². The zero-order chi connectivity index (χ0) is 13.7. The smallest absolute Gasteiger partial charge is 0.268 e. The number of benzene rings is 1. The fourth-order valence-electron chi connectivity index (χ4n) is 1.49. The summed E-state index contributed by atoms with van der Waals surface area (Å²) in [6.07, 6.45) is 1.33. The summed E-state index contributed by atoms with van der Waals surface area (Å²) in [4.78, 5) is 7.94. The van der Waals surface area contributed by atoms with E-state index in [-0.39, 0.29) is 5.88 Å². The number of nitrogens with two attached hydrogens (primary N) is 1. The quantitative estimate of drug-likeness (QED) is 0.624.